The molecule has 0 fully saturated rings. The van der Waals surface area contributed by atoms with Gasteiger partial charge in [-0.25, -0.2) is 0 Å². The number of carbonyl (C=O) groups excluding carboxylic acids is 2. The van der Waals surface area contributed by atoms with E-state index in [9.17, 15) is 14.2 Å². The minimum absolute atomic E-state index is 0.216. The Kier molecular flexibility index (Phi) is 6.14. The first kappa shape index (κ1) is 21.8. The molecule has 0 saturated heterocycles. The molecule has 0 aromatic heterocycles. The molecule has 0 spiro atoms. The van der Waals surface area contributed by atoms with Gasteiger partial charge >= 0.3 is 0 Å². The van der Waals surface area contributed by atoms with Crippen molar-refractivity contribution in [1.29, 1.82) is 0 Å². The first-order valence-electron chi connectivity index (χ1n) is 9.87. The molecule has 0 atom stereocenters. The molecule has 0 unspecified atom stereocenters. The van der Waals surface area contributed by atoms with E-state index in [-0.39, 0.29) is 31.2 Å². The average Bonchev–Trinajstić information content (AvgIpc) is 2.65. The summed E-state index contributed by atoms with van der Waals surface area (Å²) in [5, 5.41) is 0.327. The van der Waals surface area contributed by atoms with Gasteiger partial charge < -0.3 is 0 Å². The van der Waals surface area contributed by atoms with Crippen LogP contribution in [0.1, 0.15) is 65.2 Å². The van der Waals surface area contributed by atoms with Crippen molar-refractivity contribution >= 4 is 25.3 Å². The van der Waals surface area contributed by atoms with E-state index in [0.717, 1.165) is 33.4 Å². The van der Waals surface area contributed by atoms with Gasteiger partial charge in [0.2, 0.25) is 0 Å². The summed E-state index contributed by atoms with van der Waals surface area (Å²) in [6.07, 6.45) is 0. The number of carbonyl (C=O) groups is 2. The zero-order valence-electron chi connectivity index (χ0n) is 18.2. The first-order valence-corrected chi connectivity index (χ1v) is 10.7. The molecule has 152 valence electrons. The molecule has 0 N–H and O–H groups in total. The normalized spacial score (nSPS) is 11.0. The van der Waals surface area contributed by atoms with Gasteiger partial charge in [0.25, 0.3) is 0 Å². The Morgan fingerprint density at radius 3 is 1.50 bits per heavy atom. The third kappa shape index (κ3) is 3.91. The van der Waals surface area contributed by atoms with Crippen LogP contribution >= 0.6 is 8.46 Å². The molecule has 3 aromatic carbocycles. The van der Waals surface area contributed by atoms with Crippen LogP contribution in [0.5, 0.6) is 0 Å². The Morgan fingerprint density at radius 1 is 0.633 bits per heavy atom. The monoisotopic (exact) mass is 416 g/mol. The SMILES string of the molecule is Cc1cc(C)c(C(=O)c2cccc(P=O)c2C(=O)c2c(C)cc(C)cc2C)c(C)c1. The molecule has 0 radical (unpaired) electrons. The van der Waals surface area contributed by atoms with Gasteiger partial charge in [-0.2, -0.15) is 0 Å². The lowest BCUT2D eigenvalue weighted by Crippen LogP contribution is -2.21. The van der Waals surface area contributed by atoms with Gasteiger partial charge in [0, 0.05) is 22.3 Å². The maximum absolute atomic E-state index is 13.7. The predicted octanol–water partition coefficient (Wildman–Crippen LogP) is 5.92. The maximum atomic E-state index is 13.7. The molecule has 30 heavy (non-hydrogen) atoms. The van der Waals surface area contributed by atoms with Crippen molar-refractivity contribution in [3.63, 3.8) is 0 Å². The highest BCUT2D eigenvalue weighted by Gasteiger charge is 2.26. The van der Waals surface area contributed by atoms with E-state index >= 15 is 0 Å². The van der Waals surface area contributed by atoms with E-state index in [0.29, 0.717) is 16.4 Å². The van der Waals surface area contributed by atoms with Crippen molar-refractivity contribution in [2.45, 2.75) is 41.5 Å². The third-order valence-electron chi connectivity index (χ3n) is 5.42. The summed E-state index contributed by atoms with van der Waals surface area (Å²) in [4.78, 5) is 27.3. The van der Waals surface area contributed by atoms with Gasteiger partial charge in [-0.15, -0.1) is 0 Å². The minimum atomic E-state index is -0.289. The zero-order chi connectivity index (χ0) is 22.2. The highest BCUT2D eigenvalue weighted by Crippen LogP contribution is 2.26. The standard InChI is InChI=1S/C26H25O3P/c1-14-10-16(3)22(17(4)11-14)25(27)20-8-7-9-21(30-29)24(20)26(28)23-18(5)12-15(2)13-19(23)6/h7-13H,1-6H3. The van der Waals surface area contributed by atoms with Crippen LogP contribution in [0.4, 0.5) is 0 Å². The number of rotatable bonds is 5. The summed E-state index contributed by atoms with van der Waals surface area (Å²) < 4.78 is 11.9. The molecular formula is C26H25O3P. The molecule has 3 nitrogen and oxygen atoms in total. The largest absolute Gasteiger partial charge is 0.289 e. The van der Waals surface area contributed by atoms with E-state index in [4.69, 9.17) is 0 Å². The lowest BCUT2D eigenvalue weighted by atomic mass is 9.87. The molecule has 0 aliphatic heterocycles. The van der Waals surface area contributed by atoms with Crippen molar-refractivity contribution < 1.29 is 14.2 Å². The Balaban J connectivity index is 2.27. The van der Waals surface area contributed by atoms with Crippen LogP contribution < -0.4 is 5.30 Å². The van der Waals surface area contributed by atoms with Crippen LogP contribution in [0.15, 0.2) is 42.5 Å². The fourth-order valence-electron chi connectivity index (χ4n) is 4.38. The van der Waals surface area contributed by atoms with E-state index < -0.39 is 0 Å². The summed E-state index contributed by atoms with van der Waals surface area (Å²) in [5.41, 5.74) is 7.22. The summed E-state index contributed by atoms with van der Waals surface area (Å²) in [6, 6.07) is 12.8. The maximum Gasteiger partial charge on any atom is 0.195 e. The molecule has 4 heteroatoms. The Labute approximate surface area is 179 Å². The Bertz CT molecular complexity index is 1160. The average molecular weight is 416 g/mol. The minimum Gasteiger partial charge on any atom is -0.289 e. The van der Waals surface area contributed by atoms with Crippen LogP contribution in [0.3, 0.4) is 0 Å². The van der Waals surface area contributed by atoms with Crippen LogP contribution in [0.25, 0.3) is 0 Å². The molecule has 0 amide bonds. The molecular weight excluding hydrogens is 391 g/mol. The first-order chi connectivity index (χ1) is 14.1. The van der Waals surface area contributed by atoms with Crippen molar-refractivity contribution in [1.82, 2.24) is 0 Å². The molecule has 0 saturated carbocycles. The van der Waals surface area contributed by atoms with E-state index in [1.165, 1.54) is 0 Å². The van der Waals surface area contributed by atoms with Gasteiger partial charge in [0.05, 0.1) is 5.30 Å². The molecule has 3 aromatic rings. The van der Waals surface area contributed by atoms with Gasteiger partial charge in [0.1, 0.15) is 0 Å². The Morgan fingerprint density at radius 2 is 1.07 bits per heavy atom. The predicted molar refractivity (Wildman–Crippen MR) is 122 cm³/mol. The van der Waals surface area contributed by atoms with Gasteiger partial charge in [0.15, 0.2) is 20.0 Å². The number of aryl methyl sites for hydroxylation is 6. The third-order valence-corrected chi connectivity index (χ3v) is 5.99. The van der Waals surface area contributed by atoms with Crippen LogP contribution in [0, 0.1) is 41.5 Å². The fourth-order valence-corrected chi connectivity index (χ4v) is 4.84. The Hall–Kier alpha value is -2.90. The second-order valence-corrected chi connectivity index (χ2v) is 8.66. The zero-order valence-corrected chi connectivity index (χ0v) is 19.1. The highest BCUT2D eigenvalue weighted by atomic mass is 31.1. The van der Waals surface area contributed by atoms with Gasteiger partial charge in [-0.05, 0) is 69.9 Å². The van der Waals surface area contributed by atoms with Gasteiger partial charge in [-0.3, -0.25) is 14.2 Å². The smallest absolute Gasteiger partial charge is 0.195 e. The topological polar surface area (TPSA) is 51.2 Å². The summed E-state index contributed by atoms with van der Waals surface area (Å²) in [5.74, 6) is -0.490. The summed E-state index contributed by atoms with van der Waals surface area (Å²) in [7, 11) is -0.289. The number of hydrogen-bond donors (Lipinski definition) is 0. The van der Waals surface area contributed by atoms with Crippen LogP contribution in [-0.2, 0) is 4.57 Å². The van der Waals surface area contributed by atoms with E-state index in [1.54, 1.807) is 18.2 Å². The van der Waals surface area contributed by atoms with Crippen molar-refractivity contribution in [2.24, 2.45) is 0 Å². The second kappa shape index (κ2) is 8.45. The summed E-state index contributed by atoms with van der Waals surface area (Å²) >= 11 is 0. The van der Waals surface area contributed by atoms with Gasteiger partial charge in [-0.1, -0.05) is 47.5 Å². The van der Waals surface area contributed by atoms with Crippen molar-refractivity contribution in [3.05, 3.63) is 98.1 Å². The number of hydrogen-bond acceptors (Lipinski definition) is 3. The molecule has 0 aliphatic rings. The van der Waals surface area contributed by atoms with Crippen LogP contribution in [0.2, 0.25) is 0 Å². The van der Waals surface area contributed by atoms with Crippen molar-refractivity contribution in [2.75, 3.05) is 0 Å². The number of benzene rings is 3. The molecule has 0 aliphatic carbocycles. The number of ketones is 2. The van der Waals surface area contributed by atoms with E-state index in [2.05, 4.69) is 0 Å². The second-order valence-electron chi connectivity index (χ2n) is 8.00. The van der Waals surface area contributed by atoms with Crippen molar-refractivity contribution in [3.8, 4) is 0 Å². The van der Waals surface area contributed by atoms with Crippen LogP contribution in [-0.4, -0.2) is 11.6 Å². The lowest BCUT2D eigenvalue weighted by Gasteiger charge is -2.16. The molecule has 0 heterocycles. The molecule has 0 bridgehead atoms. The lowest BCUT2D eigenvalue weighted by molar-refractivity contribution is 0.100. The van der Waals surface area contributed by atoms with E-state index in [1.807, 2.05) is 65.8 Å². The fraction of sp³-hybridized carbons (Fsp3) is 0.231. The summed E-state index contributed by atoms with van der Waals surface area (Å²) in [6.45, 7) is 11.6. The highest BCUT2D eigenvalue weighted by molar-refractivity contribution is 7.34. The molecule has 3 rings (SSSR count). The quantitative estimate of drug-likeness (QED) is 0.383.